The van der Waals surface area contributed by atoms with Crippen molar-refractivity contribution in [1.29, 1.82) is 0 Å². The quantitative estimate of drug-likeness (QED) is 0.813. The van der Waals surface area contributed by atoms with Crippen LogP contribution in [-0.2, 0) is 4.79 Å². The summed E-state index contributed by atoms with van der Waals surface area (Å²) in [6.07, 6.45) is -5.02. The van der Waals surface area contributed by atoms with Gasteiger partial charge in [0, 0.05) is 8.95 Å². The molecule has 1 aromatic carbocycles. The van der Waals surface area contributed by atoms with Crippen LogP contribution in [0, 0.1) is 0 Å². The molecule has 0 atom stereocenters. The highest BCUT2D eigenvalue weighted by Crippen LogP contribution is 2.33. The molecule has 1 aromatic rings. The van der Waals surface area contributed by atoms with Gasteiger partial charge in [0.05, 0.1) is 11.3 Å². The third kappa shape index (κ3) is 3.45. The monoisotopic (exact) mass is 389 g/mol. The molecular weight excluding hydrogens is 387 g/mol. The molecule has 0 aliphatic carbocycles. The minimum absolute atomic E-state index is 0.0203. The summed E-state index contributed by atoms with van der Waals surface area (Å²) < 4.78 is 36.2. The molecule has 0 unspecified atom stereocenters. The highest BCUT2D eigenvalue weighted by Gasteiger charge is 2.39. The van der Waals surface area contributed by atoms with Crippen molar-refractivity contribution in [3.63, 3.8) is 0 Å². The highest BCUT2D eigenvalue weighted by atomic mass is 79.9. The summed E-state index contributed by atoms with van der Waals surface area (Å²) >= 11 is 5.77. The number of hydrogen-bond donors (Lipinski definition) is 2. The molecule has 0 spiro atoms. The zero-order valence-corrected chi connectivity index (χ0v) is 11.5. The first kappa shape index (κ1) is 15.0. The lowest BCUT2D eigenvalue weighted by Gasteiger charge is -2.12. The first-order chi connectivity index (χ1) is 8.12. The number of carboxylic acids is 1. The second-order valence-corrected chi connectivity index (χ2v) is 4.78. The number of benzene rings is 1. The van der Waals surface area contributed by atoms with Crippen molar-refractivity contribution in [3.8, 4) is 0 Å². The van der Waals surface area contributed by atoms with Crippen molar-refractivity contribution < 1.29 is 27.9 Å². The van der Waals surface area contributed by atoms with Gasteiger partial charge in [0.1, 0.15) is 0 Å². The van der Waals surface area contributed by atoms with E-state index in [1.54, 1.807) is 5.32 Å². The van der Waals surface area contributed by atoms with Crippen molar-refractivity contribution >= 4 is 49.4 Å². The third-order valence-corrected chi connectivity index (χ3v) is 3.04. The first-order valence-corrected chi connectivity index (χ1v) is 5.82. The number of carbonyl (C=O) groups excluding carboxylic acids is 1. The summed E-state index contributed by atoms with van der Waals surface area (Å²) in [6.45, 7) is 0. The van der Waals surface area contributed by atoms with Gasteiger partial charge in [-0.3, -0.25) is 4.79 Å². The largest absolute Gasteiger partial charge is 0.478 e. The van der Waals surface area contributed by atoms with Crippen molar-refractivity contribution in [3.05, 3.63) is 26.6 Å². The Balaban J connectivity index is 3.12. The maximum Gasteiger partial charge on any atom is 0.471 e. The third-order valence-electron chi connectivity index (χ3n) is 1.79. The Kier molecular flexibility index (Phi) is 4.38. The number of carboxylic acid groups (broad SMARTS) is 1. The molecule has 0 fully saturated rings. The second-order valence-electron chi connectivity index (χ2n) is 3.07. The van der Waals surface area contributed by atoms with Crippen LogP contribution in [0.25, 0.3) is 0 Å². The van der Waals surface area contributed by atoms with Crippen molar-refractivity contribution in [1.82, 2.24) is 0 Å². The van der Waals surface area contributed by atoms with Crippen LogP contribution in [0.1, 0.15) is 10.4 Å². The fourth-order valence-electron chi connectivity index (χ4n) is 1.00. The van der Waals surface area contributed by atoms with E-state index in [4.69, 9.17) is 5.11 Å². The molecule has 1 rings (SSSR count). The Morgan fingerprint density at radius 1 is 1.17 bits per heavy atom. The SMILES string of the molecule is O=C(O)c1cc(Br)c(NC(=O)C(F)(F)F)c(Br)c1. The van der Waals surface area contributed by atoms with Crippen LogP contribution in [0.3, 0.4) is 0 Å². The van der Waals surface area contributed by atoms with E-state index in [0.717, 1.165) is 12.1 Å². The molecule has 2 N–H and O–H groups in total. The fourth-order valence-corrected chi connectivity index (χ4v) is 2.39. The van der Waals surface area contributed by atoms with Gasteiger partial charge >= 0.3 is 18.1 Å². The molecule has 0 heterocycles. The zero-order valence-electron chi connectivity index (χ0n) is 8.31. The van der Waals surface area contributed by atoms with Crippen molar-refractivity contribution in [2.24, 2.45) is 0 Å². The number of rotatable bonds is 2. The summed E-state index contributed by atoms with van der Waals surface area (Å²) in [5.41, 5.74) is -0.332. The zero-order chi connectivity index (χ0) is 14.1. The van der Waals surface area contributed by atoms with Gasteiger partial charge < -0.3 is 10.4 Å². The van der Waals surface area contributed by atoms with Gasteiger partial charge in [-0.05, 0) is 44.0 Å². The summed E-state index contributed by atoms with van der Waals surface area (Å²) in [6, 6.07) is 2.16. The minimum Gasteiger partial charge on any atom is -0.478 e. The van der Waals surface area contributed by atoms with Crippen LogP contribution in [-0.4, -0.2) is 23.2 Å². The highest BCUT2D eigenvalue weighted by molar-refractivity contribution is 9.11. The molecule has 1 amide bonds. The lowest BCUT2D eigenvalue weighted by atomic mass is 10.2. The lowest BCUT2D eigenvalue weighted by Crippen LogP contribution is -2.30. The number of carbonyl (C=O) groups is 2. The predicted octanol–water partition coefficient (Wildman–Crippen LogP) is 3.41. The van der Waals surface area contributed by atoms with Crippen LogP contribution in [0.2, 0.25) is 0 Å². The predicted molar refractivity (Wildman–Crippen MR) is 63.5 cm³/mol. The van der Waals surface area contributed by atoms with Gasteiger partial charge in [0.15, 0.2) is 0 Å². The smallest absolute Gasteiger partial charge is 0.471 e. The molecule has 18 heavy (non-hydrogen) atoms. The fraction of sp³-hybridized carbons (Fsp3) is 0.111. The van der Waals surface area contributed by atoms with Crippen LogP contribution in [0.5, 0.6) is 0 Å². The molecule has 0 saturated carbocycles. The molecule has 0 bridgehead atoms. The number of alkyl halides is 3. The summed E-state index contributed by atoms with van der Waals surface area (Å²) in [7, 11) is 0. The standard InChI is InChI=1S/C9H4Br2F3NO3/c10-4-1-3(7(16)17)2-5(11)6(4)15-8(18)9(12,13)14/h1-2H,(H,15,18)(H,16,17). The topological polar surface area (TPSA) is 66.4 Å². The van der Waals surface area contributed by atoms with E-state index in [2.05, 4.69) is 31.9 Å². The normalized spacial score (nSPS) is 11.2. The molecular formula is C9H4Br2F3NO3. The minimum atomic E-state index is -5.02. The van der Waals surface area contributed by atoms with Crippen LogP contribution in [0.4, 0.5) is 18.9 Å². The van der Waals surface area contributed by atoms with Crippen molar-refractivity contribution in [2.45, 2.75) is 6.18 Å². The first-order valence-electron chi connectivity index (χ1n) is 4.23. The number of nitrogens with one attached hydrogen (secondary N) is 1. The molecule has 0 aliphatic heterocycles. The van der Waals surface area contributed by atoms with Crippen LogP contribution >= 0.6 is 31.9 Å². The van der Waals surface area contributed by atoms with Gasteiger partial charge in [-0.25, -0.2) is 4.79 Å². The maximum absolute atomic E-state index is 12.1. The van der Waals surface area contributed by atoms with Gasteiger partial charge in [-0.1, -0.05) is 0 Å². The van der Waals surface area contributed by atoms with Crippen LogP contribution < -0.4 is 5.32 Å². The molecule has 0 radical (unpaired) electrons. The number of anilines is 1. The Bertz CT molecular complexity index is 493. The maximum atomic E-state index is 12.1. The molecule has 4 nitrogen and oxygen atoms in total. The van der Waals surface area contributed by atoms with E-state index in [1.807, 2.05) is 0 Å². The van der Waals surface area contributed by atoms with E-state index >= 15 is 0 Å². The number of aromatic carboxylic acids is 1. The molecule has 98 valence electrons. The summed E-state index contributed by atoms with van der Waals surface area (Å²) in [4.78, 5) is 21.5. The lowest BCUT2D eigenvalue weighted by molar-refractivity contribution is -0.167. The Labute approximate surface area is 115 Å². The van der Waals surface area contributed by atoms with Crippen molar-refractivity contribution in [2.75, 3.05) is 5.32 Å². The molecule has 0 saturated heterocycles. The van der Waals surface area contributed by atoms with Gasteiger partial charge in [0.25, 0.3) is 0 Å². The number of amides is 1. The summed E-state index contributed by atoms with van der Waals surface area (Å²) in [5.74, 6) is -3.39. The summed E-state index contributed by atoms with van der Waals surface area (Å²) in [5, 5.41) is 10.4. The van der Waals surface area contributed by atoms with Crippen LogP contribution in [0.15, 0.2) is 21.1 Å². The Morgan fingerprint density at radius 3 is 1.94 bits per heavy atom. The molecule has 0 aromatic heterocycles. The van der Waals surface area contributed by atoms with E-state index < -0.39 is 18.1 Å². The number of halogens is 5. The van der Waals surface area contributed by atoms with Gasteiger partial charge in [0.2, 0.25) is 0 Å². The molecule has 9 heteroatoms. The van der Waals surface area contributed by atoms with Gasteiger partial charge in [-0.15, -0.1) is 0 Å². The number of hydrogen-bond acceptors (Lipinski definition) is 2. The Morgan fingerprint density at radius 2 is 1.61 bits per heavy atom. The average molecular weight is 391 g/mol. The second kappa shape index (κ2) is 5.27. The van der Waals surface area contributed by atoms with E-state index in [0.29, 0.717) is 0 Å². The molecule has 0 aliphatic rings. The van der Waals surface area contributed by atoms with E-state index in [9.17, 15) is 22.8 Å². The van der Waals surface area contributed by atoms with E-state index in [1.165, 1.54) is 0 Å². The average Bonchev–Trinajstić information content (AvgIpc) is 2.21. The van der Waals surface area contributed by atoms with E-state index in [-0.39, 0.29) is 20.2 Å². The van der Waals surface area contributed by atoms with Gasteiger partial charge in [-0.2, -0.15) is 13.2 Å². The Hall–Kier alpha value is -1.09.